The van der Waals surface area contributed by atoms with E-state index in [4.69, 9.17) is 5.73 Å². The van der Waals surface area contributed by atoms with Crippen LogP contribution in [0.15, 0.2) is 23.1 Å². The summed E-state index contributed by atoms with van der Waals surface area (Å²) in [6.45, 7) is 2.57. The van der Waals surface area contributed by atoms with E-state index in [2.05, 4.69) is 31.2 Å². The van der Waals surface area contributed by atoms with Crippen molar-refractivity contribution < 1.29 is 0 Å². The lowest BCUT2D eigenvalue weighted by molar-refractivity contribution is 0.810. The average Bonchev–Trinajstić information content (AvgIpc) is 2.71. The van der Waals surface area contributed by atoms with Crippen LogP contribution in [0.1, 0.15) is 11.4 Å². The van der Waals surface area contributed by atoms with Gasteiger partial charge < -0.3 is 15.6 Å². The molecule has 2 aromatic rings. The average molecular weight is 296 g/mol. The lowest BCUT2D eigenvalue weighted by Gasteiger charge is -2.10. The molecule has 6 heteroatoms. The van der Waals surface area contributed by atoms with E-state index in [-0.39, 0.29) is 0 Å². The number of nitrogens with two attached hydrogens (primary N) is 1. The van der Waals surface area contributed by atoms with Gasteiger partial charge in [-0.25, -0.2) is 9.97 Å². The van der Waals surface area contributed by atoms with Crippen molar-refractivity contribution in [2.75, 3.05) is 11.1 Å². The number of aromatic nitrogens is 3. The van der Waals surface area contributed by atoms with Gasteiger partial charge in [0, 0.05) is 19.4 Å². The van der Waals surface area contributed by atoms with Crippen LogP contribution >= 0.6 is 15.9 Å². The van der Waals surface area contributed by atoms with Crippen LogP contribution in [-0.4, -0.2) is 14.5 Å². The number of rotatable bonds is 3. The van der Waals surface area contributed by atoms with Crippen LogP contribution in [0, 0.1) is 6.92 Å². The number of hydrogen-bond acceptors (Lipinski definition) is 4. The highest BCUT2D eigenvalue weighted by atomic mass is 79.9. The van der Waals surface area contributed by atoms with Crippen molar-refractivity contribution in [1.29, 1.82) is 0 Å². The highest BCUT2D eigenvalue weighted by molar-refractivity contribution is 9.10. The minimum atomic E-state index is 0.623. The van der Waals surface area contributed by atoms with E-state index >= 15 is 0 Å². The summed E-state index contributed by atoms with van der Waals surface area (Å²) in [5.74, 6) is 1.73. The lowest BCUT2D eigenvalue weighted by atomic mass is 10.2. The summed E-state index contributed by atoms with van der Waals surface area (Å²) in [4.78, 5) is 8.48. The Hall–Kier alpha value is -1.56. The molecule has 0 aliphatic carbocycles. The van der Waals surface area contributed by atoms with Gasteiger partial charge in [0.2, 0.25) is 0 Å². The van der Waals surface area contributed by atoms with Crippen LogP contribution in [0.3, 0.4) is 0 Å². The molecule has 0 saturated carbocycles. The molecule has 0 unspecified atom stereocenters. The Morgan fingerprint density at radius 3 is 2.88 bits per heavy atom. The van der Waals surface area contributed by atoms with Gasteiger partial charge in [0.1, 0.15) is 11.6 Å². The van der Waals surface area contributed by atoms with Gasteiger partial charge in [0.25, 0.3) is 0 Å². The van der Waals surface area contributed by atoms with Crippen molar-refractivity contribution in [1.82, 2.24) is 14.5 Å². The molecule has 0 aliphatic heterocycles. The Bertz CT molecular complexity index is 535. The topological polar surface area (TPSA) is 68.8 Å². The monoisotopic (exact) mass is 295 g/mol. The number of nitrogens with zero attached hydrogens (tertiary/aromatic N) is 3. The van der Waals surface area contributed by atoms with E-state index in [1.165, 1.54) is 0 Å². The molecule has 3 N–H and O–H groups in total. The number of pyridine rings is 1. The van der Waals surface area contributed by atoms with E-state index in [1.807, 2.05) is 24.7 Å². The number of nitrogens with one attached hydrogen (secondary N) is 1. The molecule has 0 saturated heterocycles. The largest absolute Gasteiger partial charge is 0.397 e. The molecule has 0 atom stereocenters. The smallest absolute Gasteiger partial charge is 0.141 e. The maximum absolute atomic E-state index is 5.77. The number of nitrogen functional groups attached to an aromatic ring is 1. The lowest BCUT2D eigenvalue weighted by Crippen LogP contribution is -2.08. The van der Waals surface area contributed by atoms with E-state index < -0.39 is 0 Å². The highest BCUT2D eigenvalue weighted by Gasteiger charge is 2.07. The maximum atomic E-state index is 5.77. The molecule has 2 aromatic heterocycles. The van der Waals surface area contributed by atoms with Gasteiger partial charge in [0.05, 0.1) is 22.9 Å². The van der Waals surface area contributed by atoms with Gasteiger partial charge >= 0.3 is 0 Å². The highest BCUT2D eigenvalue weighted by Crippen LogP contribution is 2.27. The second-order valence-corrected chi connectivity index (χ2v) is 4.60. The zero-order chi connectivity index (χ0) is 12.4. The fraction of sp³-hybridized carbons (Fsp3) is 0.273. The van der Waals surface area contributed by atoms with Crippen LogP contribution in [0.2, 0.25) is 0 Å². The van der Waals surface area contributed by atoms with Crippen LogP contribution in [0.4, 0.5) is 11.5 Å². The zero-order valence-electron chi connectivity index (χ0n) is 9.74. The number of aryl methyl sites for hydroxylation is 1. The Balaban J connectivity index is 2.15. The number of hydrogen-bond donors (Lipinski definition) is 2. The van der Waals surface area contributed by atoms with E-state index in [0.29, 0.717) is 12.2 Å². The summed E-state index contributed by atoms with van der Waals surface area (Å²) in [6.07, 6.45) is 5.34. The van der Waals surface area contributed by atoms with Crippen LogP contribution < -0.4 is 11.1 Å². The SMILES string of the molecule is Cc1c(N)cnc(NCc2nccn2C)c1Br. The predicted octanol–water partition coefficient (Wildman–Crippen LogP) is 2.08. The summed E-state index contributed by atoms with van der Waals surface area (Å²) in [5, 5.41) is 3.23. The standard InChI is InChI=1S/C11H14BrN5/c1-7-8(13)5-15-11(10(7)12)16-6-9-14-3-4-17(9)2/h3-5H,6,13H2,1-2H3,(H,15,16). The van der Waals surface area contributed by atoms with Crippen molar-refractivity contribution >= 4 is 27.4 Å². The number of anilines is 2. The van der Waals surface area contributed by atoms with Crippen molar-refractivity contribution in [3.05, 3.63) is 34.5 Å². The minimum Gasteiger partial charge on any atom is -0.397 e. The fourth-order valence-electron chi connectivity index (χ4n) is 1.44. The maximum Gasteiger partial charge on any atom is 0.141 e. The molecular weight excluding hydrogens is 282 g/mol. The Morgan fingerprint density at radius 2 is 2.24 bits per heavy atom. The second kappa shape index (κ2) is 4.75. The van der Waals surface area contributed by atoms with Crippen molar-refractivity contribution in [2.45, 2.75) is 13.5 Å². The third-order valence-electron chi connectivity index (χ3n) is 2.64. The van der Waals surface area contributed by atoms with Gasteiger partial charge in [-0.15, -0.1) is 0 Å². The van der Waals surface area contributed by atoms with E-state index in [0.717, 1.165) is 21.7 Å². The first-order valence-corrected chi connectivity index (χ1v) is 5.99. The molecular formula is C11H14BrN5. The van der Waals surface area contributed by atoms with Crippen LogP contribution in [0.5, 0.6) is 0 Å². The van der Waals surface area contributed by atoms with Gasteiger partial charge in [-0.2, -0.15) is 0 Å². The van der Waals surface area contributed by atoms with E-state index in [1.54, 1.807) is 12.4 Å². The quantitative estimate of drug-likeness (QED) is 0.910. The third-order valence-corrected chi connectivity index (χ3v) is 3.61. The number of imidazole rings is 1. The third kappa shape index (κ3) is 2.41. The van der Waals surface area contributed by atoms with Crippen molar-refractivity contribution in [3.8, 4) is 0 Å². The molecule has 90 valence electrons. The first kappa shape index (κ1) is 11.9. The van der Waals surface area contributed by atoms with Crippen LogP contribution in [0.25, 0.3) is 0 Å². The first-order valence-electron chi connectivity index (χ1n) is 5.20. The summed E-state index contributed by atoms with van der Waals surface area (Å²) >= 11 is 3.48. The summed E-state index contributed by atoms with van der Waals surface area (Å²) in [6, 6.07) is 0. The molecule has 0 fully saturated rings. The summed E-state index contributed by atoms with van der Waals surface area (Å²) in [7, 11) is 1.96. The molecule has 0 aliphatic rings. The van der Waals surface area contributed by atoms with Gasteiger partial charge in [0.15, 0.2) is 0 Å². The molecule has 0 radical (unpaired) electrons. The molecule has 5 nitrogen and oxygen atoms in total. The van der Waals surface area contributed by atoms with Crippen molar-refractivity contribution in [2.24, 2.45) is 7.05 Å². The van der Waals surface area contributed by atoms with Gasteiger partial charge in [-0.05, 0) is 28.4 Å². The molecule has 0 bridgehead atoms. The normalized spacial score (nSPS) is 10.5. The molecule has 0 spiro atoms. The van der Waals surface area contributed by atoms with E-state index in [9.17, 15) is 0 Å². The second-order valence-electron chi connectivity index (χ2n) is 3.81. The summed E-state index contributed by atoms with van der Waals surface area (Å²) < 4.78 is 2.86. The zero-order valence-corrected chi connectivity index (χ0v) is 11.3. The van der Waals surface area contributed by atoms with Gasteiger partial charge in [-0.3, -0.25) is 0 Å². The predicted molar refractivity (Wildman–Crippen MR) is 71.6 cm³/mol. The van der Waals surface area contributed by atoms with Crippen LogP contribution in [-0.2, 0) is 13.6 Å². The molecule has 17 heavy (non-hydrogen) atoms. The minimum absolute atomic E-state index is 0.623. The Morgan fingerprint density at radius 1 is 1.47 bits per heavy atom. The summed E-state index contributed by atoms with van der Waals surface area (Å²) in [5.41, 5.74) is 7.44. The van der Waals surface area contributed by atoms with Gasteiger partial charge in [-0.1, -0.05) is 0 Å². The number of halogens is 1. The molecule has 0 amide bonds. The first-order chi connectivity index (χ1) is 8.09. The molecule has 0 aromatic carbocycles. The molecule has 2 rings (SSSR count). The Kier molecular flexibility index (Phi) is 3.33. The molecule has 2 heterocycles. The fourth-order valence-corrected chi connectivity index (χ4v) is 1.92. The van der Waals surface area contributed by atoms with Crippen molar-refractivity contribution in [3.63, 3.8) is 0 Å². The Labute approximate surface area is 108 Å².